The molecule has 1 unspecified atom stereocenters. The molecule has 0 bridgehead atoms. The summed E-state index contributed by atoms with van der Waals surface area (Å²) in [6, 6.07) is 0. The first kappa shape index (κ1) is 17.7. The van der Waals surface area contributed by atoms with Gasteiger partial charge in [0.05, 0.1) is 19.1 Å². The smallest absolute Gasteiger partial charge is 0.382 e. The van der Waals surface area contributed by atoms with Gasteiger partial charge in [0.2, 0.25) is 0 Å². The fourth-order valence-corrected chi connectivity index (χ4v) is 2.19. The molecule has 0 aliphatic carbocycles. The van der Waals surface area contributed by atoms with E-state index >= 15 is 0 Å². The maximum absolute atomic E-state index is 12.8. The van der Waals surface area contributed by atoms with Crippen LogP contribution in [0, 0.1) is 5.92 Å². The zero-order valence-corrected chi connectivity index (χ0v) is 12.0. The SMILES string of the molecule is COCCOCCCCN1CCNCC(C(F)(F)F)C1. The van der Waals surface area contributed by atoms with Crippen LogP contribution in [0.15, 0.2) is 0 Å². The van der Waals surface area contributed by atoms with Gasteiger partial charge in [-0.3, -0.25) is 0 Å². The van der Waals surface area contributed by atoms with E-state index in [4.69, 9.17) is 9.47 Å². The summed E-state index contributed by atoms with van der Waals surface area (Å²) in [5.74, 6) is -1.26. The Bertz CT molecular complexity index is 252. The van der Waals surface area contributed by atoms with Crippen LogP contribution < -0.4 is 5.32 Å². The van der Waals surface area contributed by atoms with E-state index in [1.807, 2.05) is 4.90 Å². The van der Waals surface area contributed by atoms with Gasteiger partial charge < -0.3 is 19.7 Å². The van der Waals surface area contributed by atoms with Gasteiger partial charge in [-0.15, -0.1) is 0 Å². The van der Waals surface area contributed by atoms with Gasteiger partial charge in [-0.1, -0.05) is 0 Å². The molecule has 0 amide bonds. The van der Waals surface area contributed by atoms with Crippen molar-refractivity contribution in [2.45, 2.75) is 19.0 Å². The Balaban J connectivity index is 2.15. The van der Waals surface area contributed by atoms with Gasteiger partial charge >= 0.3 is 6.18 Å². The number of methoxy groups -OCH3 is 1. The molecule has 0 saturated carbocycles. The van der Waals surface area contributed by atoms with Crippen molar-refractivity contribution in [2.24, 2.45) is 5.92 Å². The van der Waals surface area contributed by atoms with Crippen LogP contribution in [0.4, 0.5) is 13.2 Å². The highest BCUT2D eigenvalue weighted by Crippen LogP contribution is 2.27. The zero-order valence-electron chi connectivity index (χ0n) is 12.0. The van der Waals surface area contributed by atoms with E-state index in [1.165, 1.54) is 0 Å². The normalized spacial score (nSPS) is 21.9. The van der Waals surface area contributed by atoms with Gasteiger partial charge in [0.15, 0.2) is 0 Å². The van der Waals surface area contributed by atoms with E-state index in [1.54, 1.807) is 7.11 Å². The fraction of sp³-hybridized carbons (Fsp3) is 1.00. The average Bonchev–Trinajstić information content (AvgIpc) is 2.63. The molecule has 1 rings (SSSR count). The lowest BCUT2D eigenvalue weighted by Gasteiger charge is -2.25. The van der Waals surface area contributed by atoms with Gasteiger partial charge in [0, 0.05) is 39.9 Å². The van der Waals surface area contributed by atoms with E-state index < -0.39 is 12.1 Å². The van der Waals surface area contributed by atoms with E-state index in [0.29, 0.717) is 39.5 Å². The Labute approximate surface area is 118 Å². The molecule has 1 heterocycles. The first-order chi connectivity index (χ1) is 9.54. The Kier molecular flexibility index (Phi) is 8.44. The maximum atomic E-state index is 12.8. The molecule has 1 atom stereocenters. The Hall–Kier alpha value is -0.370. The third kappa shape index (κ3) is 7.42. The predicted octanol–water partition coefficient (Wildman–Crippen LogP) is 1.51. The first-order valence-corrected chi connectivity index (χ1v) is 7.10. The van der Waals surface area contributed by atoms with Crippen molar-refractivity contribution >= 4 is 0 Å². The van der Waals surface area contributed by atoms with Gasteiger partial charge in [-0.2, -0.15) is 13.2 Å². The summed E-state index contributed by atoms with van der Waals surface area (Å²) in [4.78, 5) is 1.90. The van der Waals surface area contributed by atoms with Crippen LogP contribution in [0.3, 0.4) is 0 Å². The van der Waals surface area contributed by atoms with Crippen LogP contribution in [0.25, 0.3) is 0 Å². The number of alkyl halides is 3. The molecule has 0 aromatic carbocycles. The summed E-state index contributed by atoms with van der Waals surface area (Å²) >= 11 is 0. The molecule has 1 N–H and O–H groups in total. The number of nitrogens with zero attached hydrogens (tertiary/aromatic N) is 1. The molecule has 1 fully saturated rings. The standard InChI is InChI=1S/C13H25F3N2O2/c1-19-8-9-20-7-3-2-5-18-6-4-17-10-12(11-18)13(14,15)16/h12,17H,2-11H2,1H3. The predicted molar refractivity (Wildman–Crippen MR) is 70.8 cm³/mol. The van der Waals surface area contributed by atoms with E-state index in [2.05, 4.69) is 5.32 Å². The minimum absolute atomic E-state index is 0.0279. The van der Waals surface area contributed by atoms with Crippen LogP contribution in [-0.4, -0.2) is 70.7 Å². The highest BCUT2D eigenvalue weighted by atomic mass is 19.4. The number of rotatable bonds is 8. The highest BCUT2D eigenvalue weighted by molar-refractivity contribution is 4.78. The summed E-state index contributed by atoms with van der Waals surface area (Å²) in [5.41, 5.74) is 0. The van der Waals surface area contributed by atoms with Gasteiger partial charge in [-0.05, 0) is 19.4 Å². The van der Waals surface area contributed by atoms with Crippen LogP contribution in [0.1, 0.15) is 12.8 Å². The summed E-state index contributed by atoms with van der Waals surface area (Å²) in [5, 5.41) is 2.86. The van der Waals surface area contributed by atoms with Crippen molar-refractivity contribution in [1.29, 1.82) is 0 Å². The second-order valence-corrected chi connectivity index (χ2v) is 5.06. The third-order valence-corrected chi connectivity index (χ3v) is 3.38. The van der Waals surface area contributed by atoms with Crippen molar-refractivity contribution < 1.29 is 22.6 Å². The molecule has 0 spiro atoms. The maximum Gasteiger partial charge on any atom is 0.394 e. The number of unbranched alkanes of at least 4 members (excludes halogenated alkanes) is 1. The van der Waals surface area contributed by atoms with Crippen molar-refractivity contribution in [2.75, 3.05) is 59.7 Å². The van der Waals surface area contributed by atoms with Crippen LogP contribution in [-0.2, 0) is 9.47 Å². The van der Waals surface area contributed by atoms with Crippen LogP contribution in [0.5, 0.6) is 0 Å². The number of halogens is 3. The van der Waals surface area contributed by atoms with Crippen LogP contribution >= 0.6 is 0 Å². The van der Waals surface area contributed by atoms with E-state index in [9.17, 15) is 13.2 Å². The molecule has 1 aliphatic rings. The Morgan fingerprint density at radius 2 is 2.00 bits per heavy atom. The largest absolute Gasteiger partial charge is 0.394 e. The van der Waals surface area contributed by atoms with E-state index in [-0.39, 0.29) is 13.1 Å². The molecule has 1 aliphatic heterocycles. The minimum atomic E-state index is -4.11. The first-order valence-electron chi connectivity index (χ1n) is 7.10. The lowest BCUT2D eigenvalue weighted by molar-refractivity contribution is -0.175. The third-order valence-electron chi connectivity index (χ3n) is 3.38. The van der Waals surface area contributed by atoms with Crippen molar-refractivity contribution in [3.8, 4) is 0 Å². The lowest BCUT2D eigenvalue weighted by atomic mass is 10.1. The average molecular weight is 298 g/mol. The molecular formula is C13H25F3N2O2. The molecule has 0 aromatic rings. The van der Waals surface area contributed by atoms with Crippen molar-refractivity contribution in [1.82, 2.24) is 10.2 Å². The second kappa shape index (κ2) is 9.55. The van der Waals surface area contributed by atoms with Crippen LogP contribution in [0.2, 0.25) is 0 Å². The fourth-order valence-electron chi connectivity index (χ4n) is 2.19. The zero-order chi connectivity index (χ0) is 14.8. The molecule has 0 aromatic heterocycles. The quantitative estimate of drug-likeness (QED) is 0.689. The summed E-state index contributed by atoms with van der Waals surface area (Å²) in [6.07, 6.45) is -2.39. The van der Waals surface area contributed by atoms with Gasteiger partial charge in [0.1, 0.15) is 0 Å². The molecule has 20 heavy (non-hydrogen) atoms. The summed E-state index contributed by atoms with van der Waals surface area (Å²) in [6.45, 7) is 3.90. The molecule has 0 radical (unpaired) electrons. The van der Waals surface area contributed by atoms with Gasteiger partial charge in [0.25, 0.3) is 0 Å². The highest BCUT2D eigenvalue weighted by Gasteiger charge is 2.40. The number of hydrogen-bond donors (Lipinski definition) is 1. The molecular weight excluding hydrogens is 273 g/mol. The van der Waals surface area contributed by atoms with Gasteiger partial charge in [-0.25, -0.2) is 0 Å². The van der Waals surface area contributed by atoms with E-state index in [0.717, 1.165) is 12.8 Å². The summed E-state index contributed by atoms with van der Waals surface area (Å²) in [7, 11) is 1.62. The molecule has 7 heteroatoms. The lowest BCUT2D eigenvalue weighted by Crippen LogP contribution is -2.38. The molecule has 120 valence electrons. The minimum Gasteiger partial charge on any atom is -0.382 e. The number of nitrogens with one attached hydrogen (secondary N) is 1. The number of ether oxygens (including phenoxy) is 2. The Morgan fingerprint density at radius 3 is 2.70 bits per heavy atom. The second-order valence-electron chi connectivity index (χ2n) is 5.06. The molecule has 1 saturated heterocycles. The monoisotopic (exact) mass is 298 g/mol. The van der Waals surface area contributed by atoms with Crippen molar-refractivity contribution in [3.63, 3.8) is 0 Å². The summed E-state index contributed by atoms with van der Waals surface area (Å²) < 4.78 is 48.5. The molecule has 4 nitrogen and oxygen atoms in total. The number of hydrogen-bond acceptors (Lipinski definition) is 4. The Morgan fingerprint density at radius 1 is 1.20 bits per heavy atom. The van der Waals surface area contributed by atoms with Crippen molar-refractivity contribution in [3.05, 3.63) is 0 Å². The topological polar surface area (TPSA) is 33.7 Å².